The van der Waals surface area contributed by atoms with Gasteiger partial charge in [0, 0.05) is 29.9 Å². The lowest BCUT2D eigenvalue weighted by molar-refractivity contribution is 0.104. The third kappa shape index (κ3) is 4.07. The molecule has 0 spiro atoms. The summed E-state index contributed by atoms with van der Waals surface area (Å²) >= 11 is 6.52. The first-order valence-electron chi connectivity index (χ1n) is 12.1. The van der Waals surface area contributed by atoms with E-state index < -0.39 is 0 Å². The normalized spacial score (nSPS) is 17.6. The van der Waals surface area contributed by atoms with E-state index in [4.69, 9.17) is 16.3 Å². The molecule has 3 aromatic heterocycles. The SMILES string of the molecule is N#CC1CCC(n2[nH]c3c(cnc4[nH]cc(C(=O)c5ccc(Oc6ccccc6)cc5Cl)c43)c2=O)CC1. The first kappa shape index (κ1) is 23.1. The number of carbonyl (C=O) groups excluding carboxylic acids is 1. The highest BCUT2D eigenvalue weighted by molar-refractivity contribution is 6.36. The zero-order valence-electron chi connectivity index (χ0n) is 19.7. The number of rotatable bonds is 5. The van der Waals surface area contributed by atoms with Gasteiger partial charge in [-0.1, -0.05) is 29.8 Å². The van der Waals surface area contributed by atoms with Crippen molar-refractivity contribution >= 4 is 39.3 Å². The van der Waals surface area contributed by atoms with Gasteiger partial charge >= 0.3 is 0 Å². The number of hydrogen-bond donors (Lipinski definition) is 2. The lowest BCUT2D eigenvalue weighted by Crippen LogP contribution is -2.26. The Morgan fingerprint density at radius 1 is 1.08 bits per heavy atom. The van der Waals surface area contributed by atoms with Crippen LogP contribution in [0.5, 0.6) is 11.5 Å². The van der Waals surface area contributed by atoms with Crippen LogP contribution in [0.3, 0.4) is 0 Å². The first-order chi connectivity index (χ1) is 18.0. The average molecular weight is 512 g/mol. The summed E-state index contributed by atoms with van der Waals surface area (Å²) < 4.78 is 7.46. The Morgan fingerprint density at radius 3 is 2.59 bits per heavy atom. The Morgan fingerprint density at radius 2 is 1.86 bits per heavy atom. The topological polar surface area (TPSA) is 117 Å². The molecule has 6 rings (SSSR count). The van der Waals surface area contributed by atoms with Crippen molar-refractivity contribution in [2.75, 3.05) is 0 Å². The molecule has 2 aromatic carbocycles. The number of pyridine rings is 1. The third-order valence-electron chi connectivity index (χ3n) is 7.04. The fourth-order valence-corrected chi connectivity index (χ4v) is 5.34. The minimum atomic E-state index is -0.292. The fraction of sp³-hybridized carbons (Fsp3) is 0.214. The number of benzene rings is 2. The molecule has 2 N–H and O–H groups in total. The van der Waals surface area contributed by atoms with Crippen molar-refractivity contribution in [1.82, 2.24) is 19.7 Å². The second kappa shape index (κ2) is 9.26. The van der Waals surface area contributed by atoms with Crippen molar-refractivity contribution in [3.63, 3.8) is 0 Å². The van der Waals surface area contributed by atoms with Crippen LogP contribution in [-0.4, -0.2) is 25.5 Å². The van der Waals surface area contributed by atoms with Crippen LogP contribution in [0.25, 0.3) is 21.9 Å². The number of hydrogen-bond acceptors (Lipinski definition) is 5. The lowest BCUT2D eigenvalue weighted by atomic mass is 9.87. The van der Waals surface area contributed by atoms with Gasteiger partial charge in [0.15, 0.2) is 5.78 Å². The molecule has 0 bridgehead atoms. The number of carbonyl (C=O) groups is 1. The van der Waals surface area contributed by atoms with Gasteiger partial charge in [-0.15, -0.1) is 0 Å². The minimum Gasteiger partial charge on any atom is -0.457 e. The van der Waals surface area contributed by atoms with E-state index in [-0.39, 0.29) is 28.3 Å². The summed E-state index contributed by atoms with van der Waals surface area (Å²) in [6.45, 7) is 0. The molecule has 0 unspecified atom stereocenters. The van der Waals surface area contributed by atoms with E-state index in [0.29, 0.717) is 44.6 Å². The van der Waals surface area contributed by atoms with Crippen LogP contribution in [0.1, 0.15) is 47.6 Å². The number of halogens is 1. The molecule has 1 saturated carbocycles. The molecule has 1 aliphatic carbocycles. The van der Waals surface area contributed by atoms with Crippen LogP contribution in [-0.2, 0) is 0 Å². The maximum absolute atomic E-state index is 13.6. The molecule has 1 fully saturated rings. The summed E-state index contributed by atoms with van der Waals surface area (Å²) in [5.74, 6) is 0.924. The molecule has 0 amide bonds. The Labute approximate surface area is 216 Å². The van der Waals surface area contributed by atoms with Gasteiger partial charge in [0.05, 0.1) is 39.0 Å². The highest BCUT2D eigenvalue weighted by atomic mass is 35.5. The predicted octanol–water partition coefficient (Wildman–Crippen LogP) is 6.14. The molecule has 0 radical (unpaired) electrons. The zero-order chi connectivity index (χ0) is 25.5. The van der Waals surface area contributed by atoms with Crippen molar-refractivity contribution in [2.45, 2.75) is 31.7 Å². The van der Waals surface area contributed by atoms with Crippen molar-refractivity contribution in [3.05, 3.63) is 87.4 Å². The number of nitrogens with zero attached hydrogens (tertiary/aromatic N) is 3. The predicted molar refractivity (Wildman–Crippen MR) is 140 cm³/mol. The van der Waals surface area contributed by atoms with E-state index in [1.165, 1.54) is 6.20 Å². The maximum atomic E-state index is 13.6. The lowest BCUT2D eigenvalue weighted by Gasteiger charge is -2.24. The van der Waals surface area contributed by atoms with E-state index >= 15 is 0 Å². The number of nitrogens with one attached hydrogen (secondary N) is 2. The van der Waals surface area contributed by atoms with Crippen molar-refractivity contribution in [3.8, 4) is 17.6 Å². The standard InChI is InChI=1S/C28H22ClN5O3/c29-23-12-19(37-18-4-2-1-3-5-18)10-11-20(23)26(35)21-14-31-27-24(21)25-22(15-32-27)28(36)34(33-25)17-8-6-16(13-30)7-9-17/h1-5,10-12,14-17,33H,6-9H2,(H,31,32). The van der Waals surface area contributed by atoms with Gasteiger partial charge in [-0.25, -0.2) is 9.67 Å². The van der Waals surface area contributed by atoms with Gasteiger partial charge in [0.1, 0.15) is 17.1 Å². The second-order valence-electron chi connectivity index (χ2n) is 9.28. The van der Waals surface area contributed by atoms with Crippen LogP contribution < -0.4 is 10.3 Å². The molecule has 1 aliphatic rings. The zero-order valence-corrected chi connectivity index (χ0v) is 20.5. The highest BCUT2D eigenvalue weighted by Gasteiger charge is 2.26. The quantitative estimate of drug-likeness (QED) is 0.275. The maximum Gasteiger partial charge on any atom is 0.276 e. The minimum absolute atomic E-state index is 0.0238. The molecule has 37 heavy (non-hydrogen) atoms. The Kier molecular flexibility index (Phi) is 5.78. The number of ether oxygens (including phenoxy) is 1. The number of nitriles is 1. The van der Waals surface area contributed by atoms with E-state index in [0.717, 1.165) is 25.7 Å². The van der Waals surface area contributed by atoms with Crippen LogP contribution >= 0.6 is 11.6 Å². The van der Waals surface area contributed by atoms with E-state index in [2.05, 4.69) is 21.1 Å². The molecule has 8 nitrogen and oxygen atoms in total. The molecule has 3 heterocycles. The molecular weight excluding hydrogens is 490 g/mol. The molecule has 0 saturated heterocycles. The monoisotopic (exact) mass is 511 g/mol. The number of ketones is 1. The molecule has 9 heteroatoms. The van der Waals surface area contributed by atoms with Gasteiger partial charge in [0.2, 0.25) is 0 Å². The van der Waals surface area contributed by atoms with Crippen molar-refractivity contribution < 1.29 is 9.53 Å². The second-order valence-corrected chi connectivity index (χ2v) is 9.69. The van der Waals surface area contributed by atoms with Crippen LogP contribution in [0.4, 0.5) is 0 Å². The number of aromatic amines is 2. The summed E-state index contributed by atoms with van der Waals surface area (Å²) in [5.41, 5.74) is 1.56. The number of H-pyrrole nitrogens is 2. The Hall–Kier alpha value is -4.35. The Bertz CT molecular complexity index is 1740. The van der Waals surface area contributed by atoms with Gasteiger partial charge < -0.3 is 9.72 Å². The molecular formula is C28H22ClN5O3. The third-order valence-corrected chi connectivity index (χ3v) is 7.35. The fourth-order valence-electron chi connectivity index (χ4n) is 5.09. The average Bonchev–Trinajstić information content (AvgIpc) is 3.50. The van der Waals surface area contributed by atoms with E-state index in [1.54, 1.807) is 29.1 Å². The molecule has 0 atom stereocenters. The smallest absolute Gasteiger partial charge is 0.276 e. The summed E-state index contributed by atoms with van der Waals surface area (Å²) in [6.07, 6.45) is 6.13. The first-order valence-corrected chi connectivity index (χ1v) is 12.5. The van der Waals surface area contributed by atoms with Gasteiger partial charge in [0.25, 0.3) is 5.56 Å². The summed E-state index contributed by atoms with van der Waals surface area (Å²) in [6, 6.07) is 16.6. The summed E-state index contributed by atoms with van der Waals surface area (Å²) in [5, 5.41) is 13.7. The summed E-state index contributed by atoms with van der Waals surface area (Å²) in [4.78, 5) is 34.3. The van der Waals surface area contributed by atoms with Gasteiger partial charge in [-0.05, 0) is 49.9 Å². The van der Waals surface area contributed by atoms with Gasteiger partial charge in [-0.2, -0.15) is 5.26 Å². The Balaban J connectivity index is 1.37. The number of fused-ring (bicyclic) bond motifs is 3. The highest BCUT2D eigenvalue weighted by Crippen LogP contribution is 2.34. The molecule has 5 aromatic rings. The van der Waals surface area contributed by atoms with Gasteiger partial charge in [-0.3, -0.25) is 14.7 Å². The van der Waals surface area contributed by atoms with Crippen LogP contribution in [0.2, 0.25) is 5.02 Å². The van der Waals surface area contributed by atoms with Crippen LogP contribution in [0, 0.1) is 17.2 Å². The van der Waals surface area contributed by atoms with Crippen LogP contribution in [0.15, 0.2) is 65.7 Å². The largest absolute Gasteiger partial charge is 0.457 e. The summed E-state index contributed by atoms with van der Waals surface area (Å²) in [7, 11) is 0. The van der Waals surface area contributed by atoms with Crippen molar-refractivity contribution in [1.29, 1.82) is 5.26 Å². The number of para-hydroxylation sites is 1. The number of aromatic nitrogens is 4. The van der Waals surface area contributed by atoms with E-state index in [9.17, 15) is 14.9 Å². The molecule has 184 valence electrons. The van der Waals surface area contributed by atoms with Crippen molar-refractivity contribution in [2.24, 2.45) is 5.92 Å². The van der Waals surface area contributed by atoms with E-state index in [1.807, 2.05) is 30.3 Å². The molecule has 0 aliphatic heterocycles.